The summed E-state index contributed by atoms with van der Waals surface area (Å²) >= 11 is 0. The van der Waals surface area contributed by atoms with Gasteiger partial charge in [-0.05, 0) is 62.6 Å². The van der Waals surface area contributed by atoms with Gasteiger partial charge in [-0.1, -0.05) is 30.3 Å². The molecule has 186 valence electrons. The number of nitrogens with one attached hydrogen (secondary N) is 1. The van der Waals surface area contributed by atoms with Gasteiger partial charge >= 0.3 is 11.1 Å². The van der Waals surface area contributed by atoms with E-state index in [-0.39, 0.29) is 19.0 Å². The number of rotatable bonds is 9. The van der Waals surface area contributed by atoms with Gasteiger partial charge in [0.05, 0.1) is 23.3 Å². The molecule has 8 nitrogen and oxygen atoms in total. The highest BCUT2D eigenvalue weighted by Gasteiger charge is 2.14. The van der Waals surface area contributed by atoms with Gasteiger partial charge in [0.2, 0.25) is 0 Å². The fraction of sp³-hybridized carbons (Fsp3) is 0.286. The van der Waals surface area contributed by atoms with Crippen LogP contribution < -0.4 is 16.4 Å². The number of fused-ring (bicyclic) bond motifs is 1. The number of para-hydroxylation sites is 2. The van der Waals surface area contributed by atoms with Gasteiger partial charge in [-0.3, -0.25) is 28.2 Å². The van der Waals surface area contributed by atoms with Gasteiger partial charge < -0.3 is 5.32 Å². The molecule has 36 heavy (non-hydrogen) atoms. The summed E-state index contributed by atoms with van der Waals surface area (Å²) < 4.78 is 4.89. The fourth-order valence-electron chi connectivity index (χ4n) is 4.59. The van der Waals surface area contributed by atoms with E-state index >= 15 is 0 Å². The van der Waals surface area contributed by atoms with Crippen molar-refractivity contribution >= 4 is 16.9 Å². The summed E-state index contributed by atoms with van der Waals surface area (Å²) in [7, 11) is 0. The third-order valence-electron chi connectivity index (χ3n) is 6.50. The van der Waals surface area contributed by atoms with Crippen molar-refractivity contribution in [3.8, 4) is 0 Å². The maximum Gasteiger partial charge on any atom is 0.317 e. The second-order valence-corrected chi connectivity index (χ2v) is 8.75. The number of carbonyl (C=O) groups excluding carboxylic acids is 1. The average Bonchev–Trinajstić information content (AvgIpc) is 3.17. The molecule has 1 N–H and O–H groups in total. The van der Waals surface area contributed by atoms with Crippen molar-refractivity contribution in [2.24, 2.45) is 0 Å². The van der Waals surface area contributed by atoms with Crippen LogP contribution in [0.25, 0.3) is 11.0 Å². The second kappa shape index (κ2) is 10.6. The van der Waals surface area contributed by atoms with Crippen LogP contribution in [0.4, 0.5) is 0 Å². The molecule has 0 aliphatic rings. The van der Waals surface area contributed by atoms with Gasteiger partial charge in [-0.2, -0.15) is 5.10 Å². The highest BCUT2D eigenvalue weighted by Crippen LogP contribution is 2.15. The van der Waals surface area contributed by atoms with Crippen molar-refractivity contribution in [2.45, 2.75) is 46.8 Å². The Morgan fingerprint density at radius 3 is 2.25 bits per heavy atom. The standard InChI is InChI=1S/C28H31N5O3/c1-5-17-31-24-9-7-8-10-25(24)32(28(36)27(31)35)18-21-11-13-22(14-12-21)26(34)29-16-15-23-19(3)30-33(6-2)20(23)4/h5,7-14H,1,6,15-18H2,2-4H3,(H,29,34). The molecule has 0 aliphatic carbocycles. The van der Waals surface area contributed by atoms with E-state index in [4.69, 9.17) is 0 Å². The number of benzene rings is 2. The van der Waals surface area contributed by atoms with E-state index in [1.807, 2.05) is 48.0 Å². The van der Waals surface area contributed by atoms with Crippen molar-refractivity contribution in [3.05, 3.63) is 110 Å². The van der Waals surface area contributed by atoms with Crippen molar-refractivity contribution < 1.29 is 4.79 Å². The monoisotopic (exact) mass is 485 g/mol. The van der Waals surface area contributed by atoms with Crippen molar-refractivity contribution in [1.82, 2.24) is 24.2 Å². The van der Waals surface area contributed by atoms with Gasteiger partial charge in [0.25, 0.3) is 5.91 Å². The van der Waals surface area contributed by atoms with Gasteiger partial charge in [-0.25, -0.2) is 0 Å². The molecule has 2 aromatic carbocycles. The molecular formula is C28H31N5O3. The lowest BCUT2D eigenvalue weighted by Gasteiger charge is -2.14. The molecule has 4 aromatic rings. The van der Waals surface area contributed by atoms with Crippen LogP contribution in [0.3, 0.4) is 0 Å². The van der Waals surface area contributed by atoms with Crippen LogP contribution in [0.5, 0.6) is 0 Å². The van der Waals surface area contributed by atoms with Crippen LogP contribution >= 0.6 is 0 Å². The summed E-state index contributed by atoms with van der Waals surface area (Å²) in [5, 5.41) is 7.50. The average molecular weight is 486 g/mol. The number of allylic oxidation sites excluding steroid dienone is 1. The van der Waals surface area contributed by atoms with E-state index in [0.29, 0.717) is 23.1 Å². The molecule has 0 aliphatic heterocycles. The SMILES string of the molecule is C=CCn1c(=O)c(=O)n(Cc2ccc(C(=O)NCCc3c(C)nn(CC)c3C)cc2)c2ccccc21. The molecule has 0 unspecified atom stereocenters. The molecule has 0 atom stereocenters. The molecule has 0 fully saturated rings. The molecule has 1 amide bonds. The van der Waals surface area contributed by atoms with E-state index < -0.39 is 11.1 Å². The number of hydrogen-bond acceptors (Lipinski definition) is 4. The second-order valence-electron chi connectivity index (χ2n) is 8.75. The third kappa shape index (κ3) is 4.79. The van der Waals surface area contributed by atoms with Crippen molar-refractivity contribution in [3.63, 3.8) is 0 Å². The van der Waals surface area contributed by atoms with Crippen LogP contribution in [0.15, 0.2) is 70.8 Å². The number of carbonyl (C=O) groups is 1. The first-order valence-electron chi connectivity index (χ1n) is 12.1. The van der Waals surface area contributed by atoms with E-state index in [2.05, 4.69) is 30.8 Å². The summed E-state index contributed by atoms with van der Waals surface area (Å²) in [5.74, 6) is -0.158. The summed E-state index contributed by atoms with van der Waals surface area (Å²) in [6.45, 7) is 11.6. The van der Waals surface area contributed by atoms with E-state index in [9.17, 15) is 14.4 Å². The van der Waals surface area contributed by atoms with Crippen LogP contribution in [0, 0.1) is 13.8 Å². The minimum atomic E-state index is -0.589. The zero-order valence-electron chi connectivity index (χ0n) is 21.0. The zero-order valence-corrected chi connectivity index (χ0v) is 21.0. The summed E-state index contributed by atoms with van der Waals surface area (Å²) in [4.78, 5) is 38.3. The van der Waals surface area contributed by atoms with Gasteiger partial charge in [0.1, 0.15) is 0 Å². The smallest absolute Gasteiger partial charge is 0.317 e. The van der Waals surface area contributed by atoms with Crippen LogP contribution in [-0.2, 0) is 26.1 Å². The summed E-state index contributed by atoms with van der Waals surface area (Å²) in [6.07, 6.45) is 2.32. The predicted octanol–water partition coefficient (Wildman–Crippen LogP) is 3.20. The predicted molar refractivity (Wildman–Crippen MR) is 142 cm³/mol. The van der Waals surface area contributed by atoms with Gasteiger partial charge in [0, 0.05) is 30.9 Å². The molecule has 0 spiro atoms. The summed E-state index contributed by atoms with van der Waals surface area (Å²) in [5.41, 5.74) is 4.82. The molecule has 0 saturated carbocycles. The minimum absolute atomic E-state index is 0.158. The first kappa shape index (κ1) is 24.9. The number of amides is 1. The number of hydrogen-bond donors (Lipinski definition) is 1. The van der Waals surface area contributed by atoms with E-state index in [1.165, 1.54) is 14.7 Å². The molecule has 0 radical (unpaired) electrons. The molecule has 2 heterocycles. The Hall–Kier alpha value is -4.20. The Morgan fingerprint density at radius 2 is 1.64 bits per heavy atom. The molecule has 2 aromatic heterocycles. The first-order valence-corrected chi connectivity index (χ1v) is 12.1. The Morgan fingerprint density at radius 1 is 1.00 bits per heavy atom. The highest BCUT2D eigenvalue weighted by atomic mass is 16.2. The molecule has 0 saturated heterocycles. The summed E-state index contributed by atoms with van der Waals surface area (Å²) in [6, 6.07) is 14.4. The number of nitrogens with zero attached hydrogens (tertiary/aromatic N) is 4. The maximum absolute atomic E-state index is 12.9. The Labute approximate surface area is 209 Å². The third-order valence-corrected chi connectivity index (χ3v) is 6.50. The van der Waals surface area contributed by atoms with Crippen molar-refractivity contribution in [2.75, 3.05) is 6.54 Å². The fourth-order valence-corrected chi connectivity index (χ4v) is 4.59. The van der Waals surface area contributed by atoms with E-state index in [0.717, 1.165) is 29.9 Å². The van der Waals surface area contributed by atoms with Crippen LogP contribution in [0.1, 0.15) is 39.8 Å². The quantitative estimate of drug-likeness (QED) is 0.291. The van der Waals surface area contributed by atoms with Crippen molar-refractivity contribution in [1.29, 1.82) is 0 Å². The Balaban J connectivity index is 1.48. The topological polar surface area (TPSA) is 90.9 Å². The lowest BCUT2D eigenvalue weighted by atomic mass is 10.1. The van der Waals surface area contributed by atoms with Crippen LogP contribution in [0.2, 0.25) is 0 Å². The normalized spacial score (nSPS) is 11.1. The first-order chi connectivity index (χ1) is 17.3. The number of aryl methyl sites for hydroxylation is 2. The zero-order chi connectivity index (χ0) is 25.8. The maximum atomic E-state index is 12.9. The Kier molecular flexibility index (Phi) is 7.33. The lowest BCUT2D eigenvalue weighted by Crippen LogP contribution is -2.41. The largest absolute Gasteiger partial charge is 0.352 e. The Bertz CT molecular complexity index is 1540. The lowest BCUT2D eigenvalue weighted by molar-refractivity contribution is 0.0954. The van der Waals surface area contributed by atoms with E-state index in [1.54, 1.807) is 18.2 Å². The minimum Gasteiger partial charge on any atom is -0.352 e. The van der Waals surface area contributed by atoms with Crippen LogP contribution in [-0.4, -0.2) is 31.4 Å². The molecule has 4 rings (SSSR count). The number of aromatic nitrogens is 4. The molecule has 8 heteroatoms. The van der Waals surface area contributed by atoms with Gasteiger partial charge in [-0.15, -0.1) is 6.58 Å². The van der Waals surface area contributed by atoms with Gasteiger partial charge in [0.15, 0.2) is 0 Å². The highest BCUT2D eigenvalue weighted by molar-refractivity contribution is 5.94. The molecular weight excluding hydrogens is 454 g/mol. The molecule has 0 bridgehead atoms.